The number of phenols is 1. The molecule has 0 radical (unpaired) electrons. The molecule has 91 heavy (non-hydrogen) atoms. The highest BCUT2D eigenvalue weighted by Gasteiger charge is 2.40. The molecule has 2 aliphatic heterocycles. The van der Waals surface area contributed by atoms with Gasteiger partial charge in [0.1, 0.15) is 60.1 Å². The highest BCUT2D eigenvalue weighted by Crippen LogP contribution is 2.22. The quantitative estimate of drug-likeness (QED) is 0.0101. The number of urea groups is 1. The van der Waals surface area contributed by atoms with E-state index in [2.05, 4.69) is 67.9 Å². The third kappa shape index (κ3) is 22.6. The zero-order valence-electron chi connectivity index (χ0n) is 50.3. The molecule has 494 valence electrons. The Morgan fingerprint density at radius 2 is 1.25 bits per heavy atom. The van der Waals surface area contributed by atoms with Gasteiger partial charge in [0.15, 0.2) is 5.96 Å². The Kier molecular flexibility index (Phi) is 27.4. The number of aromatic amines is 2. The van der Waals surface area contributed by atoms with Gasteiger partial charge in [0.05, 0.1) is 19.5 Å². The van der Waals surface area contributed by atoms with Crippen LogP contribution in [0.4, 0.5) is 4.79 Å². The number of carbonyl (C=O) groups excluding carboxylic acids is 11. The number of aromatic nitrogens is 3. The molecule has 34 nitrogen and oxygen atoms in total. The second-order valence-corrected chi connectivity index (χ2v) is 21.9. The fourth-order valence-corrected chi connectivity index (χ4v) is 9.91. The standard InChI is InChI=1S/C55H76N18O14.C2H4O2/c1-28(2)19-37(46(79)64-36(9-5-17-60-54(56)57)53(86)73-18-6-10-43(73)52(85)71-72-55(58)87)65-50(83)41(25-74)69-47(80)38(20-29-11-13-32(76)14-12-29)66-51(84)42(26-75)70-48(81)39(21-30-23-61-34-8-4-3-7-33(30)34)67-49(82)40(22-31-24-59-27-62-31)68-45(78)35-15-16-44(77)63-35;1-2(3)4/h3-4,7-8,11-14,23-24,27-28,35-43,61,74-76H,5-6,9-10,15-22,25-26H2,1-2H3,(H,59,62)(H,63,77)(H,64,79)(H,65,83)(H,66,84)(H,67,82)(H,68,78)(H,69,80)(H,70,81)(H,71,85)(H4,56,57,60)(H3,58,72,87);1H3,(H,3,4)/t35-,36-,37-,38-,39-,40-,41+,42-,43-;/m0./s1. The number of hydrazine groups is 1. The number of aromatic hydroxyl groups is 1. The van der Waals surface area contributed by atoms with Crippen molar-refractivity contribution < 1.29 is 78.0 Å². The topological polar surface area (TPSA) is 544 Å². The summed E-state index contributed by atoms with van der Waals surface area (Å²) in [6.07, 6.45) is 4.73. The number of nitrogens with one attached hydrogen (secondary N) is 12. The fraction of sp³-hybridized carbons (Fsp3) is 0.474. The number of aliphatic carboxylic acids is 1. The maximum absolute atomic E-state index is 14.5. The van der Waals surface area contributed by atoms with Gasteiger partial charge in [-0.25, -0.2) is 15.2 Å². The molecule has 22 N–H and O–H groups in total. The lowest BCUT2D eigenvalue weighted by Gasteiger charge is -2.30. The average Bonchev–Trinajstić information content (AvgIpc) is 1.91. The van der Waals surface area contributed by atoms with Crippen LogP contribution in [0, 0.1) is 5.92 Å². The summed E-state index contributed by atoms with van der Waals surface area (Å²) in [6, 6.07) is -1.24. The molecule has 2 fully saturated rings. The molecular weight excluding hydrogens is 1190 g/mol. The molecule has 6 rings (SSSR count). The van der Waals surface area contributed by atoms with E-state index >= 15 is 0 Å². The number of carboxylic acids is 1. The number of benzene rings is 2. The molecule has 2 aromatic carbocycles. The number of phenolic OH excluding ortho intramolecular Hbond substituents is 1. The molecule has 34 heteroatoms. The summed E-state index contributed by atoms with van der Waals surface area (Å²) in [4.78, 5) is 174. The van der Waals surface area contributed by atoms with E-state index in [-0.39, 0.29) is 94.4 Å². The minimum atomic E-state index is -1.82. The van der Waals surface area contributed by atoms with Gasteiger partial charge in [0, 0.05) is 74.7 Å². The van der Waals surface area contributed by atoms with Crippen molar-refractivity contribution in [1.29, 1.82) is 0 Å². The molecular formula is C57H80N18O16. The van der Waals surface area contributed by atoms with Gasteiger partial charge in [-0.05, 0) is 73.8 Å². The van der Waals surface area contributed by atoms with Crippen LogP contribution in [0.25, 0.3) is 10.9 Å². The van der Waals surface area contributed by atoms with Crippen LogP contribution >= 0.6 is 0 Å². The van der Waals surface area contributed by atoms with Crippen molar-refractivity contribution >= 4 is 87.9 Å². The van der Waals surface area contributed by atoms with Gasteiger partial charge in [0.25, 0.3) is 11.9 Å². The van der Waals surface area contributed by atoms with E-state index in [0.29, 0.717) is 34.1 Å². The van der Waals surface area contributed by atoms with Crippen LogP contribution in [0.15, 0.2) is 72.2 Å². The summed E-state index contributed by atoms with van der Waals surface area (Å²) in [5.74, 6) is -9.85. The molecule has 0 aliphatic carbocycles. The molecule has 12 amide bonds. The first kappa shape index (κ1) is 71.4. The Bertz CT molecular complexity index is 3220. The molecule has 0 spiro atoms. The monoisotopic (exact) mass is 1270 g/mol. The van der Waals surface area contributed by atoms with E-state index < -0.39 is 133 Å². The Labute approximate surface area is 521 Å². The number of amides is 12. The lowest BCUT2D eigenvalue weighted by atomic mass is 10.0. The van der Waals surface area contributed by atoms with E-state index in [0.717, 1.165) is 6.92 Å². The number of likely N-dealkylation sites (tertiary alicyclic amines) is 1. The van der Waals surface area contributed by atoms with Gasteiger partial charge in [-0.1, -0.05) is 44.2 Å². The molecule has 0 unspecified atom stereocenters. The Balaban J connectivity index is 0.00000365. The minimum Gasteiger partial charge on any atom is -0.508 e. The first-order chi connectivity index (χ1) is 43.3. The second kappa shape index (κ2) is 35.0. The van der Waals surface area contributed by atoms with Gasteiger partial charge < -0.3 is 95.0 Å². The summed E-state index contributed by atoms with van der Waals surface area (Å²) >= 11 is 0. The number of imidazole rings is 1. The van der Waals surface area contributed by atoms with Gasteiger partial charge in [-0.2, -0.15) is 0 Å². The fourth-order valence-electron chi connectivity index (χ4n) is 9.91. The van der Waals surface area contributed by atoms with Gasteiger partial charge in [0.2, 0.25) is 53.2 Å². The summed E-state index contributed by atoms with van der Waals surface area (Å²) < 4.78 is 0. The number of carbonyl (C=O) groups is 12. The van der Waals surface area contributed by atoms with Crippen LogP contribution in [0.2, 0.25) is 0 Å². The molecule has 0 saturated carbocycles. The Hall–Kier alpha value is -10.4. The number of nitrogens with zero attached hydrogens (tertiary/aromatic N) is 3. The van der Waals surface area contributed by atoms with Crippen LogP contribution in [-0.2, 0) is 72.0 Å². The lowest BCUT2D eigenvalue weighted by molar-refractivity contribution is -0.142. The number of aliphatic imine (C=N–C) groups is 1. The minimum absolute atomic E-state index is 0.0319. The number of carboxylic acid groups (broad SMARTS) is 1. The number of hydrogen-bond acceptors (Lipinski definition) is 17. The number of nitrogens with two attached hydrogens (primary N) is 3. The molecule has 2 saturated heterocycles. The predicted molar refractivity (Wildman–Crippen MR) is 323 cm³/mol. The van der Waals surface area contributed by atoms with E-state index in [1.54, 1.807) is 44.3 Å². The molecule has 9 atom stereocenters. The van der Waals surface area contributed by atoms with Crippen molar-refractivity contribution in [3.63, 3.8) is 0 Å². The normalized spacial score (nSPS) is 16.5. The first-order valence-corrected chi connectivity index (χ1v) is 29.1. The average molecular weight is 1270 g/mol. The Morgan fingerprint density at radius 3 is 1.81 bits per heavy atom. The third-order valence-corrected chi connectivity index (χ3v) is 14.3. The first-order valence-electron chi connectivity index (χ1n) is 29.1. The molecule has 0 bridgehead atoms. The van der Waals surface area contributed by atoms with E-state index in [4.69, 9.17) is 27.1 Å². The van der Waals surface area contributed by atoms with Gasteiger partial charge in [-0.15, -0.1) is 0 Å². The van der Waals surface area contributed by atoms with Crippen LogP contribution in [0.3, 0.4) is 0 Å². The van der Waals surface area contributed by atoms with Crippen molar-refractivity contribution in [2.24, 2.45) is 28.1 Å². The summed E-state index contributed by atoms with van der Waals surface area (Å²) in [5, 5.41) is 59.9. The third-order valence-electron chi connectivity index (χ3n) is 14.3. The maximum atomic E-state index is 14.5. The summed E-state index contributed by atoms with van der Waals surface area (Å²) in [7, 11) is 0. The van der Waals surface area contributed by atoms with Crippen LogP contribution < -0.4 is 70.6 Å². The van der Waals surface area contributed by atoms with Crippen molar-refractivity contribution in [1.82, 2.24) is 73.2 Å². The number of rotatable bonds is 30. The lowest BCUT2D eigenvalue weighted by Crippen LogP contribution is -2.62. The molecule has 4 heterocycles. The maximum Gasteiger partial charge on any atom is 0.330 e. The smallest absolute Gasteiger partial charge is 0.330 e. The van der Waals surface area contributed by atoms with E-state index in [1.165, 1.54) is 41.7 Å². The summed E-state index contributed by atoms with van der Waals surface area (Å²) in [5.41, 5.74) is 22.2. The number of H-pyrrole nitrogens is 2. The number of para-hydroxylation sites is 1. The predicted octanol–water partition coefficient (Wildman–Crippen LogP) is -4.84. The van der Waals surface area contributed by atoms with Crippen LogP contribution in [-0.4, -0.2) is 198 Å². The molecule has 4 aromatic rings. The number of fused-ring (bicyclic) bond motifs is 1. The highest BCUT2D eigenvalue weighted by atomic mass is 16.4. The van der Waals surface area contributed by atoms with Gasteiger partial charge >= 0.3 is 6.03 Å². The van der Waals surface area contributed by atoms with Crippen molar-refractivity contribution in [3.05, 3.63) is 84.1 Å². The number of guanidine groups is 1. The van der Waals surface area contributed by atoms with Crippen molar-refractivity contribution in [3.8, 4) is 5.75 Å². The van der Waals surface area contributed by atoms with Crippen LogP contribution in [0.1, 0.15) is 82.5 Å². The van der Waals surface area contributed by atoms with Gasteiger partial charge in [-0.3, -0.25) is 63.2 Å². The molecule has 2 aliphatic rings. The van der Waals surface area contributed by atoms with Crippen LogP contribution in [0.5, 0.6) is 5.75 Å². The highest BCUT2D eigenvalue weighted by molar-refractivity contribution is 5.99. The number of aliphatic hydroxyl groups is 2. The zero-order chi connectivity index (χ0) is 66.9. The molecule has 2 aromatic heterocycles. The van der Waals surface area contributed by atoms with Crippen molar-refractivity contribution in [2.45, 2.75) is 139 Å². The van der Waals surface area contributed by atoms with E-state index in [1.807, 2.05) is 5.43 Å². The number of hydrogen-bond donors (Lipinski definition) is 19. The Morgan fingerprint density at radius 1 is 0.692 bits per heavy atom. The van der Waals surface area contributed by atoms with Crippen molar-refractivity contribution in [2.75, 3.05) is 26.3 Å². The summed E-state index contributed by atoms with van der Waals surface area (Å²) in [6.45, 7) is 2.62. The van der Waals surface area contributed by atoms with E-state index in [9.17, 15) is 68.1 Å². The zero-order valence-corrected chi connectivity index (χ0v) is 50.3. The number of aliphatic hydroxyl groups excluding tert-OH is 2. The second-order valence-electron chi connectivity index (χ2n) is 21.9. The largest absolute Gasteiger partial charge is 0.508 e. The number of primary amides is 1. The SMILES string of the molecule is CC(=O)O.CC(C)C[C@H](NC(=O)[C@@H](CO)NC(=O)[C@H](Cc1ccc(O)cc1)NC(=O)[C@H](CO)NC(=O)[C@H](Cc1c[nH]c2ccccc12)NC(=O)[C@H](Cc1cnc[nH]1)NC(=O)[C@@H]1CCC(=O)N1)C(=O)N[C@@H](CCCN=C(N)N)C(=O)N1CCC[C@H]1C(=O)NNC(N)=O.